The van der Waals surface area contributed by atoms with Gasteiger partial charge in [0.15, 0.2) is 0 Å². The van der Waals surface area contributed by atoms with E-state index in [1.807, 2.05) is 42.5 Å². The quantitative estimate of drug-likeness (QED) is 0.701. The van der Waals surface area contributed by atoms with Gasteiger partial charge < -0.3 is 0 Å². The third kappa shape index (κ3) is 3.22. The van der Waals surface area contributed by atoms with Gasteiger partial charge >= 0.3 is 0 Å². The van der Waals surface area contributed by atoms with Gasteiger partial charge in [0.25, 0.3) is 0 Å². The molecule has 0 fully saturated rings. The highest BCUT2D eigenvalue weighted by Gasteiger charge is 2.09. The number of aryl methyl sites for hydroxylation is 2. The van der Waals surface area contributed by atoms with Crippen LogP contribution in [0.4, 0.5) is 0 Å². The lowest BCUT2D eigenvalue weighted by molar-refractivity contribution is -0.118. The van der Waals surface area contributed by atoms with Gasteiger partial charge in [-0.15, -0.1) is 0 Å². The zero-order valence-electron chi connectivity index (χ0n) is 12.8. The smallest absolute Gasteiger partial charge is 0.137 e. The van der Waals surface area contributed by atoms with Gasteiger partial charge in [0, 0.05) is 24.4 Å². The Bertz CT molecular complexity index is 802. The molecule has 110 valence electrons. The standard InChI is InChI=1S/C20H19NO/c1-15-6-2-3-7-16(15)11-12-19(22)14-18-9-4-8-17-10-5-13-21-20(17)18/h2-10,13H,11-12,14H2,1H3. The van der Waals surface area contributed by atoms with Crippen LogP contribution in [0.2, 0.25) is 0 Å². The summed E-state index contributed by atoms with van der Waals surface area (Å²) in [5, 5.41) is 1.09. The molecule has 2 heteroatoms. The number of aromatic nitrogens is 1. The van der Waals surface area contributed by atoms with Crippen LogP contribution in [0, 0.1) is 6.92 Å². The van der Waals surface area contributed by atoms with E-state index in [-0.39, 0.29) is 5.78 Å². The Morgan fingerprint density at radius 2 is 1.73 bits per heavy atom. The molecule has 1 heterocycles. The maximum atomic E-state index is 12.3. The van der Waals surface area contributed by atoms with Gasteiger partial charge in [-0.05, 0) is 36.1 Å². The van der Waals surface area contributed by atoms with Crippen molar-refractivity contribution in [1.29, 1.82) is 0 Å². The molecule has 0 atom stereocenters. The molecule has 22 heavy (non-hydrogen) atoms. The van der Waals surface area contributed by atoms with Crippen LogP contribution in [-0.2, 0) is 17.6 Å². The fraction of sp³-hybridized carbons (Fsp3) is 0.200. The Morgan fingerprint density at radius 3 is 2.59 bits per heavy atom. The summed E-state index contributed by atoms with van der Waals surface area (Å²) in [5.74, 6) is 0.265. The zero-order chi connectivity index (χ0) is 15.4. The number of rotatable bonds is 5. The normalized spacial score (nSPS) is 10.8. The first kappa shape index (κ1) is 14.5. The summed E-state index contributed by atoms with van der Waals surface area (Å²) < 4.78 is 0. The van der Waals surface area contributed by atoms with E-state index in [1.165, 1.54) is 11.1 Å². The third-order valence-corrected chi connectivity index (χ3v) is 4.04. The Kier molecular flexibility index (Phi) is 4.29. The van der Waals surface area contributed by atoms with Crippen molar-refractivity contribution in [3.63, 3.8) is 0 Å². The molecule has 0 saturated heterocycles. The highest BCUT2D eigenvalue weighted by atomic mass is 16.1. The molecule has 3 aromatic rings. The molecule has 0 aliphatic carbocycles. The van der Waals surface area contributed by atoms with Gasteiger partial charge in [-0.3, -0.25) is 9.78 Å². The molecule has 0 amide bonds. The lowest BCUT2D eigenvalue weighted by Crippen LogP contribution is -2.05. The summed E-state index contributed by atoms with van der Waals surface area (Å²) in [6.07, 6.45) is 3.63. The van der Waals surface area contributed by atoms with Crippen molar-refractivity contribution >= 4 is 16.7 Å². The van der Waals surface area contributed by atoms with Crippen LogP contribution in [-0.4, -0.2) is 10.8 Å². The molecule has 1 aromatic heterocycles. The van der Waals surface area contributed by atoms with Crippen molar-refractivity contribution < 1.29 is 4.79 Å². The van der Waals surface area contributed by atoms with Gasteiger partial charge in [0.1, 0.15) is 5.78 Å². The maximum Gasteiger partial charge on any atom is 0.137 e. The van der Waals surface area contributed by atoms with Gasteiger partial charge in [0.05, 0.1) is 5.52 Å². The van der Waals surface area contributed by atoms with Crippen LogP contribution < -0.4 is 0 Å². The van der Waals surface area contributed by atoms with E-state index in [0.717, 1.165) is 22.9 Å². The summed E-state index contributed by atoms with van der Waals surface area (Å²) in [7, 11) is 0. The maximum absolute atomic E-state index is 12.3. The van der Waals surface area contributed by atoms with Gasteiger partial charge in [-0.1, -0.05) is 48.5 Å². The highest BCUT2D eigenvalue weighted by Crippen LogP contribution is 2.17. The number of hydrogen-bond acceptors (Lipinski definition) is 2. The molecular weight excluding hydrogens is 270 g/mol. The minimum Gasteiger partial charge on any atom is -0.299 e. The number of fused-ring (bicyclic) bond motifs is 1. The molecule has 0 aliphatic heterocycles. The average Bonchev–Trinajstić information content (AvgIpc) is 2.54. The predicted molar refractivity (Wildman–Crippen MR) is 90.0 cm³/mol. The van der Waals surface area contributed by atoms with Crippen molar-refractivity contribution in [2.45, 2.75) is 26.2 Å². The van der Waals surface area contributed by atoms with Gasteiger partial charge in [-0.2, -0.15) is 0 Å². The first-order valence-corrected chi connectivity index (χ1v) is 7.63. The van der Waals surface area contributed by atoms with Crippen LogP contribution in [0.15, 0.2) is 60.8 Å². The van der Waals surface area contributed by atoms with E-state index < -0.39 is 0 Å². The molecular formula is C20H19NO. The molecule has 0 saturated carbocycles. The molecule has 0 aliphatic rings. The molecule has 3 rings (SSSR count). The number of benzene rings is 2. The number of ketones is 1. The summed E-state index contributed by atoms with van der Waals surface area (Å²) in [5.41, 5.74) is 4.47. The number of nitrogens with zero attached hydrogens (tertiary/aromatic N) is 1. The SMILES string of the molecule is Cc1ccccc1CCC(=O)Cc1cccc2cccnc12. The molecule has 2 aromatic carbocycles. The highest BCUT2D eigenvalue weighted by molar-refractivity contribution is 5.88. The number of para-hydroxylation sites is 1. The van der Waals surface area contributed by atoms with Crippen molar-refractivity contribution in [2.75, 3.05) is 0 Å². The Hall–Kier alpha value is -2.48. The molecule has 0 radical (unpaired) electrons. The summed E-state index contributed by atoms with van der Waals surface area (Å²) in [6, 6.07) is 18.2. The molecule has 2 nitrogen and oxygen atoms in total. The fourth-order valence-corrected chi connectivity index (χ4v) is 2.78. The second-order valence-electron chi connectivity index (χ2n) is 5.63. The lowest BCUT2D eigenvalue weighted by Gasteiger charge is -2.07. The second-order valence-corrected chi connectivity index (χ2v) is 5.63. The van der Waals surface area contributed by atoms with E-state index >= 15 is 0 Å². The van der Waals surface area contributed by atoms with Crippen molar-refractivity contribution in [3.05, 3.63) is 77.5 Å². The molecule has 0 N–H and O–H groups in total. The summed E-state index contributed by atoms with van der Waals surface area (Å²) in [4.78, 5) is 16.7. The predicted octanol–water partition coefficient (Wildman–Crippen LogP) is 4.29. The Balaban J connectivity index is 1.70. The first-order valence-electron chi connectivity index (χ1n) is 7.63. The first-order chi connectivity index (χ1) is 10.7. The largest absolute Gasteiger partial charge is 0.299 e. The van der Waals surface area contributed by atoms with Gasteiger partial charge in [-0.25, -0.2) is 0 Å². The molecule has 0 bridgehead atoms. The van der Waals surface area contributed by atoms with Crippen LogP contribution in [0.3, 0.4) is 0 Å². The number of pyridine rings is 1. The summed E-state index contributed by atoms with van der Waals surface area (Å²) >= 11 is 0. The Labute approximate surface area is 130 Å². The van der Waals surface area contributed by atoms with Gasteiger partial charge in [0.2, 0.25) is 0 Å². The van der Waals surface area contributed by atoms with Crippen molar-refractivity contribution in [1.82, 2.24) is 4.98 Å². The third-order valence-electron chi connectivity index (χ3n) is 4.04. The van der Waals surface area contributed by atoms with Crippen molar-refractivity contribution in [2.24, 2.45) is 0 Å². The number of hydrogen-bond donors (Lipinski definition) is 0. The van der Waals surface area contributed by atoms with Crippen molar-refractivity contribution in [3.8, 4) is 0 Å². The van der Waals surface area contributed by atoms with Crippen LogP contribution in [0.25, 0.3) is 10.9 Å². The van der Waals surface area contributed by atoms with E-state index in [0.29, 0.717) is 12.8 Å². The lowest BCUT2D eigenvalue weighted by atomic mass is 9.99. The summed E-state index contributed by atoms with van der Waals surface area (Å²) in [6.45, 7) is 2.09. The van der Waals surface area contributed by atoms with Crippen LogP contribution in [0.5, 0.6) is 0 Å². The van der Waals surface area contributed by atoms with E-state index in [9.17, 15) is 4.79 Å². The van der Waals surface area contributed by atoms with E-state index in [1.54, 1.807) is 6.20 Å². The number of Topliss-reactive ketones (excluding diaryl/α,β-unsaturated/α-hetero) is 1. The van der Waals surface area contributed by atoms with E-state index in [2.05, 4.69) is 24.0 Å². The zero-order valence-corrected chi connectivity index (χ0v) is 12.8. The molecule has 0 unspecified atom stereocenters. The minimum atomic E-state index is 0.265. The van der Waals surface area contributed by atoms with Crippen LogP contribution in [0.1, 0.15) is 23.1 Å². The number of carbonyl (C=O) groups excluding carboxylic acids is 1. The second kappa shape index (κ2) is 6.52. The monoisotopic (exact) mass is 289 g/mol. The van der Waals surface area contributed by atoms with E-state index in [4.69, 9.17) is 0 Å². The van der Waals surface area contributed by atoms with Crippen LogP contribution >= 0.6 is 0 Å². The fourth-order valence-electron chi connectivity index (χ4n) is 2.78. The minimum absolute atomic E-state index is 0.265. The molecule has 0 spiro atoms. The Morgan fingerprint density at radius 1 is 0.955 bits per heavy atom. The average molecular weight is 289 g/mol. The topological polar surface area (TPSA) is 30.0 Å². The number of carbonyl (C=O) groups is 1.